The van der Waals surface area contributed by atoms with Crippen molar-refractivity contribution in [2.75, 3.05) is 57.3 Å². The summed E-state index contributed by atoms with van der Waals surface area (Å²) in [6.07, 6.45) is 4.00. The van der Waals surface area contributed by atoms with E-state index >= 15 is 0 Å². The van der Waals surface area contributed by atoms with Crippen molar-refractivity contribution in [2.45, 2.75) is 46.1 Å². The van der Waals surface area contributed by atoms with Gasteiger partial charge in [-0.25, -0.2) is 0 Å². The number of piperidine rings is 1. The highest BCUT2D eigenvalue weighted by atomic mass is 16.1. The summed E-state index contributed by atoms with van der Waals surface area (Å²) in [4.78, 5) is 20.0. The second-order valence-electron chi connectivity index (χ2n) is 8.84. The molecule has 2 aliphatic rings. The van der Waals surface area contributed by atoms with Gasteiger partial charge in [-0.1, -0.05) is 13.3 Å². The Morgan fingerprint density at radius 3 is 2.18 bits per heavy atom. The molecule has 0 aliphatic carbocycles. The average molecular weight is 387 g/mol. The highest BCUT2D eigenvalue weighted by Crippen LogP contribution is 2.18. The van der Waals surface area contributed by atoms with Crippen LogP contribution in [-0.4, -0.2) is 74.1 Å². The molecular formula is C23H38N4O. The van der Waals surface area contributed by atoms with Crippen molar-refractivity contribution in [2.24, 2.45) is 5.92 Å². The third-order valence-electron chi connectivity index (χ3n) is 6.17. The molecule has 2 saturated heterocycles. The molecule has 0 aromatic heterocycles. The number of benzene rings is 1. The Morgan fingerprint density at radius 1 is 0.929 bits per heavy atom. The SMILES string of the molecule is CC(CNC(=O)c1ccc(N2CCN(C(C)C)CC2)cc1)CN1CCCCC1. The van der Waals surface area contributed by atoms with Gasteiger partial charge in [0, 0.05) is 56.6 Å². The number of rotatable bonds is 7. The molecule has 0 bridgehead atoms. The minimum atomic E-state index is 0.0432. The summed E-state index contributed by atoms with van der Waals surface area (Å²) in [7, 11) is 0. The van der Waals surface area contributed by atoms with Crippen LogP contribution >= 0.6 is 0 Å². The Morgan fingerprint density at radius 2 is 1.57 bits per heavy atom. The zero-order valence-electron chi connectivity index (χ0n) is 18.0. The fourth-order valence-corrected chi connectivity index (χ4v) is 4.34. The van der Waals surface area contributed by atoms with E-state index in [1.807, 2.05) is 12.1 Å². The van der Waals surface area contributed by atoms with E-state index in [4.69, 9.17) is 0 Å². The van der Waals surface area contributed by atoms with Crippen LogP contribution in [0, 0.1) is 5.92 Å². The Bertz CT molecular complexity index is 602. The molecule has 156 valence electrons. The van der Waals surface area contributed by atoms with Crippen LogP contribution in [0.4, 0.5) is 5.69 Å². The predicted octanol–water partition coefficient (Wildman–Crippen LogP) is 3.07. The molecule has 1 amide bonds. The Kier molecular flexibility index (Phi) is 7.74. The molecule has 3 rings (SSSR count). The van der Waals surface area contributed by atoms with Gasteiger partial charge in [0.25, 0.3) is 5.91 Å². The molecule has 2 fully saturated rings. The first-order valence-corrected chi connectivity index (χ1v) is 11.1. The summed E-state index contributed by atoms with van der Waals surface area (Å²) >= 11 is 0. The topological polar surface area (TPSA) is 38.8 Å². The normalized spacial score (nSPS) is 20.4. The fraction of sp³-hybridized carbons (Fsp3) is 0.696. The first-order chi connectivity index (χ1) is 13.5. The lowest BCUT2D eigenvalue weighted by atomic mass is 10.1. The van der Waals surface area contributed by atoms with Crippen LogP contribution in [-0.2, 0) is 0 Å². The number of carbonyl (C=O) groups is 1. The number of carbonyl (C=O) groups excluding carboxylic acids is 1. The zero-order chi connectivity index (χ0) is 19.9. The number of piperazine rings is 1. The van der Waals surface area contributed by atoms with Crippen LogP contribution in [0.15, 0.2) is 24.3 Å². The molecule has 1 unspecified atom stereocenters. The zero-order valence-corrected chi connectivity index (χ0v) is 18.0. The lowest BCUT2D eigenvalue weighted by Crippen LogP contribution is -2.48. The average Bonchev–Trinajstić information content (AvgIpc) is 2.73. The molecular weight excluding hydrogens is 348 g/mol. The number of anilines is 1. The van der Waals surface area contributed by atoms with Crippen LogP contribution in [0.5, 0.6) is 0 Å². The van der Waals surface area contributed by atoms with E-state index in [0.717, 1.165) is 44.8 Å². The first kappa shape index (κ1) is 21.1. The van der Waals surface area contributed by atoms with Gasteiger partial charge in [0.1, 0.15) is 0 Å². The van der Waals surface area contributed by atoms with Gasteiger partial charge in [-0.2, -0.15) is 0 Å². The summed E-state index contributed by atoms with van der Waals surface area (Å²) in [5.41, 5.74) is 1.98. The molecule has 0 saturated carbocycles. The number of nitrogens with zero attached hydrogens (tertiary/aromatic N) is 3. The second kappa shape index (κ2) is 10.3. The van der Waals surface area contributed by atoms with E-state index in [1.54, 1.807) is 0 Å². The largest absolute Gasteiger partial charge is 0.369 e. The van der Waals surface area contributed by atoms with Crippen molar-refractivity contribution in [1.82, 2.24) is 15.1 Å². The van der Waals surface area contributed by atoms with E-state index in [1.165, 1.54) is 38.0 Å². The molecule has 1 aromatic carbocycles. The van der Waals surface area contributed by atoms with E-state index in [9.17, 15) is 4.79 Å². The van der Waals surface area contributed by atoms with Crippen molar-refractivity contribution in [3.8, 4) is 0 Å². The van der Waals surface area contributed by atoms with Gasteiger partial charge in [0.05, 0.1) is 0 Å². The third kappa shape index (κ3) is 5.95. The maximum Gasteiger partial charge on any atom is 0.251 e. The Labute approximate surface area is 171 Å². The second-order valence-corrected chi connectivity index (χ2v) is 8.84. The van der Waals surface area contributed by atoms with Gasteiger partial charge < -0.3 is 15.1 Å². The highest BCUT2D eigenvalue weighted by molar-refractivity contribution is 5.94. The fourth-order valence-electron chi connectivity index (χ4n) is 4.34. The number of hydrogen-bond acceptors (Lipinski definition) is 4. The standard InChI is InChI=1S/C23H38N4O/c1-19(2)26-13-15-27(16-14-26)22-9-7-21(8-10-22)23(28)24-17-20(3)18-25-11-5-4-6-12-25/h7-10,19-20H,4-6,11-18H2,1-3H3,(H,24,28). The number of hydrogen-bond donors (Lipinski definition) is 1. The number of likely N-dealkylation sites (tertiary alicyclic amines) is 1. The smallest absolute Gasteiger partial charge is 0.251 e. The van der Waals surface area contributed by atoms with E-state index in [0.29, 0.717) is 12.0 Å². The lowest BCUT2D eigenvalue weighted by molar-refractivity contribution is 0.0942. The van der Waals surface area contributed by atoms with Gasteiger partial charge in [0.15, 0.2) is 0 Å². The monoisotopic (exact) mass is 386 g/mol. The molecule has 0 radical (unpaired) electrons. The number of amides is 1. The highest BCUT2D eigenvalue weighted by Gasteiger charge is 2.19. The van der Waals surface area contributed by atoms with Crippen molar-refractivity contribution in [3.05, 3.63) is 29.8 Å². The van der Waals surface area contributed by atoms with Crippen LogP contribution in [0.1, 0.15) is 50.4 Å². The molecule has 2 heterocycles. The van der Waals surface area contributed by atoms with Crippen LogP contribution < -0.4 is 10.2 Å². The molecule has 1 atom stereocenters. The summed E-state index contributed by atoms with van der Waals surface area (Å²) in [6, 6.07) is 8.74. The van der Waals surface area contributed by atoms with Gasteiger partial charge in [0.2, 0.25) is 0 Å². The lowest BCUT2D eigenvalue weighted by Gasteiger charge is -2.38. The molecule has 5 heteroatoms. The molecule has 28 heavy (non-hydrogen) atoms. The van der Waals surface area contributed by atoms with Gasteiger partial charge in [-0.3, -0.25) is 9.69 Å². The molecule has 1 N–H and O–H groups in total. The quantitative estimate of drug-likeness (QED) is 0.782. The van der Waals surface area contributed by atoms with E-state index in [-0.39, 0.29) is 5.91 Å². The maximum atomic E-state index is 12.5. The third-order valence-corrected chi connectivity index (χ3v) is 6.17. The van der Waals surface area contributed by atoms with Gasteiger partial charge >= 0.3 is 0 Å². The minimum Gasteiger partial charge on any atom is -0.369 e. The van der Waals surface area contributed by atoms with Gasteiger partial charge in [-0.05, 0) is 70.0 Å². The van der Waals surface area contributed by atoms with Crippen LogP contribution in [0.25, 0.3) is 0 Å². The predicted molar refractivity (Wildman–Crippen MR) is 117 cm³/mol. The molecule has 2 aliphatic heterocycles. The van der Waals surface area contributed by atoms with Crippen LogP contribution in [0.3, 0.4) is 0 Å². The maximum absolute atomic E-state index is 12.5. The Hall–Kier alpha value is -1.59. The summed E-state index contributed by atoms with van der Waals surface area (Å²) in [5, 5.41) is 3.12. The minimum absolute atomic E-state index is 0.0432. The van der Waals surface area contributed by atoms with E-state index < -0.39 is 0 Å². The summed E-state index contributed by atoms with van der Waals surface area (Å²) < 4.78 is 0. The molecule has 1 aromatic rings. The van der Waals surface area contributed by atoms with Crippen LogP contribution in [0.2, 0.25) is 0 Å². The van der Waals surface area contributed by atoms with Crippen molar-refractivity contribution >= 4 is 11.6 Å². The summed E-state index contributed by atoms with van der Waals surface area (Å²) in [5.74, 6) is 0.528. The van der Waals surface area contributed by atoms with Gasteiger partial charge in [-0.15, -0.1) is 0 Å². The van der Waals surface area contributed by atoms with Crippen molar-refractivity contribution in [3.63, 3.8) is 0 Å². The van der Waals surface area contributed by atoms with Crippen molar-refractivity contribution < 1.29 is 4.79 Å². The van der Waals surface area contributed by atoms with Crippen molar-refractivity contribution in [1.29, 1.82) is 0 Å². The van der Waals surface area contributed by atoms with E-state index in [2.05, 4.69) is 52.9 Å². The Balaban J connectivity index is 1.43. The molecule has 0 spiro atoms. The number of nitrogens with one attached hydrogen (secondary N) is 1. The summed E-state index contributed by atoms with van der Waals surface area (Å²) in [6.45, 7) is 15.3. The first-order valence-electron chi connectivity index (χ1n) is 11.1. The molecule has 5 nitrogen and oxygen atoms in total.